The molecule has 1 aliphatic rings. The summed E-state index contributed by atoms with van der Waals surface area (Å²) in [6.07, 6.45) is -1.85. The van der Waals surface area contributed by atoms with Gasteiger partial charge in [-0.1, -0.05) is 29.5 Å². The molecule has 0 saturated carbocycles. The number of aromatic nitrogens is 1. The third-order valence-electron chi connectivity index (χ3n) is 4.25. The molecule has 0 unspecified atom stereocenters. The van der Waals surface area contributed by atoms with E-state index in [0.29, 0.717) is 42.5 Å². The van der Waals surface area contributed by atoms with Crippen LogP contribution >= 0.6 is 11.3 Å². The third kappa shape index (κ3) is 4.50. The van der Waals surface area contributed by atoms with Crippen LogP contribution in [0, 0.1) is 5.92 Å². The van der Waals surface area contributed by atoms with Crippen LogP contribution in [-0.2, 0) is 6.18 Å². The Balaban J connectivity index is 1.47. The van der Waals surface area contributed by atoms with Gasteiger partial charge in [0.2, 0.25) is 0 Å². The van der Waals surface area contributed by atoms with Crippen LogP contribution in [0.3, 0.4) is 0 Å². The van der Waals surface area contributed by atoms with Gasteiger partial charge < -0.3 is 10.2 Å². The monoisotopic (exact) mass is 369 g/mol. The predicted octanol–water partition coefficient (Wildman–Crippen LogP) is 4.13. The van der Waals surface area contributed by atoms with Crippen molar-refractivity contribution in [2.45, 2.75) is 19.0 Å². The highest BCUT2D eigenvalue weighted by Crippen LogP contribution is 2.35. The highest BCUT2D eigenvalue weighted by Gasteiger charge is 2.33. The van der Waals surface area contributed by atoms with Crippen LogP contribution in [0.15, 0.2) is 36.5 Å². The van der Waals surface area contributed by atoms with E-state index in [4.69, 9.17) is 0 Å². The molecule has 0 aliphatic carbocycles. The second kappa shape index (κ2) is 7.43. The van der Waals surface area contributed by atoms with Crippen molar-refractivity contribution in [3.8, 4) is 0 Å². The fraction of sp³-hybridized carbons (Fsp3) is 0.412. The minimum Gasteiger partial charge on any atom is -0.361 e. The molecule has 1 fully saturated rings. The topological polar surface area (TPSA) is 45.2 Å². The standard InChI is InChI=1S/C17H18F3N3OS/c18-17(19,20)14-11-22-16(25-14)21-10-12-6-8-23(9-7-12)15(24)13-4-2-1-3-5-13/h1-5,11-12H,6-10H2,(H,21,22). The summed E-state index contributed by atoms with van der Waals surface area (Å²) in [6.45, 7) is 1.88. The maximum atomic E-state index is 12.6. The number of nitrogens with zero attached hydrogens (tertiary/aromatic N) is 2. The Bertz CT molecular complexity index is 709. The van der Waals surface area contributed by atoms with Crippen molar-refractivity contribution in [1.29, 1.82) is 0 Å². The fourth-order valence-corrected chi connectivity index (χ4v) is 3.51. The van der Waals surface area contributed by atoms with Crippen molar-refractivity contribution in [2.75, 3.05) is 25.0 Å². The molecule has 0 atom stereocenters. The van der Waals surface area contributed by atoms with Gasteiger partial charge in [-0.2, -0.15) is 13.2 Å². The van der Waals surface area contributed by atoms with Crippen molar-refractivity contribution < 1.29 is 18.0 Å². The van der Waals surface area contributed by atoms with Gasteiger partial charge in [0.1, 0.15) is 4.88 Å². The molecule has 4 nitrogen and oxygen atoms in total. The number of thiazole rings is 1. The summed E-state index contributed by atoms with van der Waals surface area (Å²) in [4.78, 5) is 17.3. The van der Waals surface area contributed by atoms with Crippen LogP contribution in [-0.4, -0.2) is 35.4 Å². The van der Waals surface area contributed by atoms with Crippen LogP contribution in [0.5, 0.6) is 0 Å². The Morgan fingerprint density at radius 1 is 1.24 bits per heavy atom. The van der Waals surface area contributed by atoms with Gasteiger partial charge in [0.05, 0.1) is 6.20 Å². The third-order valence-corrected chi connectivity index (χ3v) is 5.25. The number of piperidine rings is 1. The van der Waals surface area contributed by atoms with Crippen LogP contribution in [0.4, 0.5) is 18.3 Å². The summed E-state index contributed by atoms with van der Waals surface area (Å²) in [5.74, 6) is 0.347. The molecule has 1 aromatic carbocycles. The Labute approximate surface area is 147 Å². The molecule has 0 spiro atoms. The van der Waals surface area contributed by atoms with E-state index in [9.17, 15) is 18.0 Å². The van der Waals surface area contributed by atoms with Gasteiger partial charge in [0.25, 0.3) is 5.91 Å². The van der Waals surface area contributed by atoms with Gasteiger partial charge in [0, 0.05) is 25.2 Å². The van der Waals surface area contributed by atoms with E-state index in [0.717, 1.165) is 19.0 Å². The van der Waals surface area contributed by atoms with E-state index in [2.05, 4.69) is 10.3 Å². The first-order valence-electron chi connectivity index (χ1n) is 8.04. The summed E-state index contributed by atoms with van der Waals surface area (Å²) < 4.78 is 37.7. The van der Waals surface area contributed by atoms with Gasteiger partial charge in [-0.25, -0.2) is 4.98 Å². The zero-order valence-corrected chi connectivity index (χ0v) is 14.2. The molecule has 1 N–H and O–H groups in total. The molecule has 3 rings (SSSR count). The normalized spacial score (nSPS) is 16.0. The number of rotatable bonds is 4. The van der Waals surface area contributed by atoms with E-state index < -0.39 is 11.1 Å². The van der Waals surface area contributed by atoms with E-state index in [1.54, 1.807) is 12.1 Å². The lowest BCUT2D eigenvalue weighted by molar-refractivity contribution is -0.134. The second-order valence-corrected chi connectivity index (χ2v) is 7.04. The maximum Gasteiger partial charge on any atom is 0.427 e. The highest BCUT2D eigenvalue weighted by molar-refractivity contribution is 7.15. The van der Waals surface area contributed by atoms with Crippen molar-refractivity contribution in [2.24, 2.45) is 5.92 Å². The number of likely N-dealkylation sites (tertiary alicyclic amines) is 1. The molecule has 0 bridgehead atoms. The fourth-order valence-electron chi connectivity index (χ4n) is 2.82. The summed E-state index contributed by atoms with van der Waals surface area (Å²) in [5, 5.41) is 3.27. The molecular weight excluding hydrogens is 351 g/mol. The van der Waals surface area contributed by atoms with E-state index in [-0.39, 0.29) is 11.0 Å². The Kier molecular flexibility index (Phi) is 5.27. The van der Waals surface area contributed by atoms with Crippen LogP contribution in [0.1, 0.15) is 28.1 Å². The number of nitrogens with one attached hydrogen (secondary N) is 1. The van der Waals surface area contributed by atoms with Gasteiger partial charge in [0.15, 0.2) is 5.13 Å². The van der Waals surface area contributed by atoms with E-state index >= 15 is 0 Å². The van der Waals surface area contributed by atoms with Crippen LogP contribution in [0.2, 0.25) is 0 Å². The van der Waals surface area contributed by atoms with E-state index in [1.807, 2.05) is 23.1 Å². The molecule has 2 heterocycles. The van der Waals surface area contributed by atoms with Gasteiger partial charge >= 0.3 is 6.18 Å². The Hall–Kier alpha value is -2.09. The molecule has 1 amide bonds. The van der Waals surface area contributed by atoms with Crippen molar-refractivity contribution >= 4 is 22.4 Å². The average Bonchev–Trinajstić information content (AvgIpc) is 3.10. The average molecular weight is 369 g/mol. The molecular formula is C17H18F3N3OS. The molecule has 1 saturated heterocycles. The van der Waals surface area contributed by atoms with Crippen molar-refractivity contribution in [3.05, 3.63) is 47.0 Å². The maximum absolute atomic E-state index is 12.6. The summed E-state index contributed by atoms with van der Waals surface area (Å²) in [5.41, 5.74) is 0.682. The van der Waals surface area contributed by atoms with Gasteiger partial charge in [-0.3, -0.25) is 4.79 Å². The summed E-state index contributed by atoms with van der Waals surface area (Å²) in [7, 11) is 0. The number of halogens is 3. The lowest BCUT2D eigenvalue weighted by atomic mass is 9.96. The second-order valence-electron chi connectivity index (χ2n) is 6.01. The Morgan fingerprint density at radius 2 is 1.92 bits per heavy atom. The summed E-state index contributed by atoms with van der Waals surface area (Å²) >= 11 is 0.619. The van der Waals surface area contributed by atoms with Crippen molar-refractivity contribution in [1.82, 2.24) is 9.88 Å². The first kappa shape index (κ1) is 17.7. The van der Waals surface area contributed by atoms with Crippen LogP contribution in [0.25, 0.3) is 0 Å². The minimum absolute atomic E-state index is 0.0294. The number of anilines is 1. The zero-order chi connectivity index (χ0) is 17.9. The predicted molar refractivity (Wildman–Crippen MR) is 90.7 cm³/mol. The number of carbonyl (C=O) groups is 1. The molecule has 0 radical (unpaired) electrons. The largest absolute Gasteiger partial charge is 0.427 e. The van der Waals surface area contributed by atoms with Crippen LogP contribution < -0.4 is 5.32 Å². The molecule has 1 aromatic heterocycles. The zero-order valence-electron chi connectivity index (χ0n) is 13.4. The quantitative estimate of drug-likeness (QED) is 0.882. The number of hydrogen-bond acceptors (Lipinski definition) is 4. The Morgan fingerprint density at radius 3 is 2.52 bits per heavy atom. The lowest BCUT2D eigenvalue weighted by Crippen LogP contribution is -2.39. The number of alkyl halides is 3. The SMILES string of the molecule is O=C(c1ccccc1)N1CCC(CNc2ncc(C(F)(F)F)s2)CC1. The van der Waals surface area contributed by atoms with Crippen molar-refractivity contribution in [3.63, 3.8) is 0 Å². The minimum atomic E-state index is -4.35. The molecule has 8 heteroatoms. The number of hydrogen-bond donors (Lipinski definition) is 1. The van der Waals surface area contributed by atoms with E-state index in [1.165, 1.54) is 0 Å². The first-order chi connectivity index (χ1) is 11.9. The molecule has 1 aliphatic heterocycles. The lowest BCUT2D eigenvalue weighted by Gasteiger charge is -2.32. The molecule has 134 valence electrons. The summed E-state index contributed by atoms with van der Waals surface area (Å²) in [6, 6.07) is 9.16. The number of benzene rings is 1. The number of amides is 1. The van der Waals surface area contributed by atoms with Gasteiger partial charge in [-0.05, 0) is 30.9 Å². The molecule has 25 heavy (non-hydrogen) atoms. The highest BCUT2D eigenvalue weighted by atomic mass is 32.1. The molecule has 2 aromatic rings. The van der Waals surface area contributed by atoms with Gasteiger partial charge in [-0.15, -0.1) is 0 Å². The first-order valence-corrected chi connectivity index (χ1v) is 8.86. The number of carbonyl (C=O) groups excluding carboxylic acids is 1. The smallest absolute Gasteiger partial charge is 0.361 e.